The molecule has 4 aromatic carbocycles. The number of benzene rings is 4. The Morgan fingerprint density at radius 2 is 0.862 bits per heavy atom. The van der Waals surface area contributed by atoms with E-state index in [1.807, 2.05) is 0 Å². The van der Waals surface area contributed by atoms with Crippen molar-refractivity contribution >= 4 is 34.7 Å². The van der Waals surface area contributed by atoms with Crippen LogP contribution in [0.15, 0.2) is 58.5 Å². The Morgan fingerprint density at radius 1 is 0.508 bits per heavy atom. The van der Waals surface area contributed by atoms with Crippen molar-refractivity contribution in [2.45, 2.75) is 172 Å². The molecule has 65 heavy (non-hydrogen) atoms. The van der Waals surface area contributed by atoms with Crippen molar-refractivity contribution < 1.29 is 56.7 Å². The Kier molecular flexibility index (Phi) is 26.8. The van der Waals surface area contributed by atoms with E-state index in [1.165, 1.54) is 111 Å². The number of aromatic hydroxyl groups is 4. The minimum atomic E-state index is -1.49. The van der Waals surface area contributed by atoms with Gasteiger partial charge in [0.15, 0.2) is 23.0 Å². The number of hydrogen-bond acceptors (Lipinski definition) is 10. The molecule has 10 nitrogen and oxygen atoms in total. The molecule has 11 heteroatoms. The number of carboxylic acid groups (broad SMARTS) is 2. The Hall–Kier alpha value is -5.15. The van der Waals surface area contributed by atoms with Crippen LogP contribution in [0.5, 0.6) is 23.0 Å². The molecule has 4 N–H and O–H groups in total. The third kappa shape index (κ3) is 18.3. The summed E-state index contributed by atoms with van der Waals surface area (Å²) in [6.07, 6.45) is 19.2. The Balaban J connectivity index is 0.000000632. The third-order valence-corrected chi connectivity index (χ3v) is 11.6. The summed E-state index contributed by atoms with van der Waals surface area (Å²) in [7, 11) is 0. The van der Waals surface area contributed by atoms with E-state index in [4.69, 9.17) is 20.2 Å². The van der Waals surface area contributed by atoms with Crippen molar-refractivity contribution in [3.05, 3.63) is 104 Å². The van der Waals surface area contributed by atoms with Gasteiger partial charge >= 0.3 is 16.5 Å². The van der Waals surface area contributed by atoms with Crippen LogP contribution >= 0.6 is 0 Å². The maximum absolute atomic E-state index is 10.6. The number of hydrogen-bond donors (Lipinski definition) is 4. The molecule has 0 radical (unpaired) electrons. The van der Waals surface area contributed by atoms with E-state index in [-0.39, 0.29) is 27.6 Å². The summed E-state index contributed by atoms with van der Waals surface area (Å²) in [5.41, 5.74) is 11.7. The van der Waals surface area contributed by atoms with Gasteiger partial charge in [-0.15, -0.1) is 0 Å². The standard InChI is InChI=1S/C36H56N2.2C9H10O4.Ni/c1-7-12-17-22-36(38-35-26-24-31(19-14-9-3)33(28-35)21-16-11-5)29(6)37-34-25-23-30(18-13-8-2)32(27-34)20-15-10-4;2*1-4-3-6(10)8(11)7(5(4)2)9(12)13;/h23-28H,7-22H2,1-6H3;2*3,10-11H,1-2H3,(H,12,13);/q;;;+2/p-2. The van der Waals surface area contributed by atoms with E-state index >= 15 is 0 Å². The zero-order chi connectivity index (χ0) is 47.9. The summed E-state index contributed by atoms with van der Waals surface area (Å²) >= 11 is 0. The van der Waals surface area contributed by atoms with Crippen LogP contribution in [0.2, 0.25) is 0 Å². The molecule has 0 amide bonds. The fraction of sp³-hybridized carbons (Fsp3) is 0.481. The van der Waals surface area contributed by atoms with Gasteiger partial charge in [0, 0.05) is 11.1 Å². The summed E-state index contributed by atoms with van der Waals surface area (Å²) in [6.45, 7) is 19.9. The fourth-order valence-corrected chi connectivity index (χ4v) is 7.33. The topological polar surface area (TPSA) is 186 Å². The van der Waals surface area contributed by atoms with E-state index in [0.717, 1.165) is 48.5 Å². The molecule has 0 saturated carbocycles. The summed E-state index contributed by atoms with van der Waals surface area (Å²) in [5, 5.41) is 57.8. The van der Waals surface area contributed by atoms with E-state index in [2.05, 4.69) is 77.9 Å². The molecule has 0 heterocycles. The SMILES string of the molecule is CCCCCC(=Nc1ccc(CCCC)c(CCCC)c1)C(C)=Nc1ccc(CCCC)c(CCCC)c1.Cc1cc(O)c(O)c(C(=O)[O-])c1C.Cc1cc(O)c(O)c(C(=O)[O-])c1C.[Ni+2]. The predicted molar refractivity (Wildman–Crippen MR) is 258 cm³/mol. The minimum Gasteiger partial charge on any atom is -0.545 e. The number of nitrogens with zero attached hydrogens (tertiary/aromatic N) is 2. The van der Waals surface area contributed by atoms with Crippen molar-refractivity contribution in [2.24, 2.45) is 9.98 Å². The zero-order valence-corrected chi connectivity index (χ0v) is 41.6. The second kappa shape index (κ2) is 30.1. The smallest absolute Gasteiger partial charge is 0.545 e. The first-order valence-electron chi connectivity index (χ1n) is 23.3. The van der Waals surface area contributed by atoms with Crippen LogP contribution in [0, 0.1) is 27.7 Å². The number of phenolic OH excluding ortho intramolecular Hbond substituents is 2. The van der Waals surface area contributed by atoms with Crippen LogP contribution in [0.3, 0.4) is 0 Å². The average molecular weight is 938 g/mol. The van der Waals surface area contributed by atoms with Gasteiger partial charge in [-0.25, -0.2) is 0 Å². The van der Waals surface area contributed by atoms with Gasteiger partial charge in [-0.3, -0.25) is 9.98 Å². The Bertz CT molecular complexity index is 2090. The molecule has 0 aliphatic rings. The van der Waals surface area contributed by atoms with Crippen molar-refractivity contribution in [2.75, 3.05) is 0 Å². The predicted octanol–water partition coefficient (Wildman–Crippen LogP) is 11.7. The van der Waals surface area contributed by atoms with Crippen LogP contribution in [-0.2, 0) is 42.2 Å². The van der Waals surface area contributed by atoms with Crippen LogP contribution < -0.4 is 10.2 Å². The first-order valence-corrected chi connectivity index (χ1v) is 23.3. The zero-order valence-electron chi connectivity index (χ0n) is 40.6. The number of carbonyl (C=O) groups is 2. The van der Waals surface area contributed by atoms with Crippen LogP contribution in [0.1, 0.15) is 184 Å². The molecule has 0 aromatic heterocycles. The minimum absolute atomic E-state index is 0. The second-order valence-electron chi connectivity index (χ2n) is 16.7. The summed E-state index contributed by atoms with van der Waals surface area (Å²) in [6, 6.07) is 16.4. The van der Waals surface area contributed by atoms with Gasteiger partial charge in [0.1, 0.15) is 0 Å². The third-order valence-electron chi connectivity index (χ3n) is 11.6. The first kappa shape index (κ1) is 57.9. The number of aromatic carboxylic acids is 2. The van der Waals surface area contributed by atoms with E-state index in [0.29, 0.717) is 22.3 Å². The summed E-state index contributed by atoms with van der Waals surface area (Å²) < 4.78 is 0. The van der Waals surface area contributed by atoms with Gasteiger partial charge < -0.3 is 40.2 Å². The number of aryl methyl sites for hydroxylation is 6. The van der Waals surface area contributed by atoms with Crippen molar-refractivity contribution in [3.63, 3.8) is 0 Å². The van der Waals surface area contributed by atoms with Crippen molar-refractivity contribution in [1.82, 2.24) is 0 Å². The quantitative estimate of drug-likeness (QED) is 0.0275. The molecule has 4 aromatic rings. The maximum Gasteiger partial charge on any atom is 2.00 e. The van der Waals surface area contributed by atoms with Crippen LogP contribution in [0.4, 0.5) is 11.4 Å². The first-order chi connectivity index (χ1) is 30.4. The van der Waals surface area contributed by atoms with E-state index in [9.17, 15) is 30.0 Å². The molecule has 358 valence electrons. The number of aliphatic imine (C=N–C) groups is 2. The second-order valence-corrected chi connectivity index (χ2v) is 16.7. The van der Waals surface area contributed by atoms with Gasteiger partial charge in [-0.1, -0.05) is 85.3 Å². The summed E-state index contributed by atoms with van der Waals surface area (Å²) in [5.74, 6) is -5.14. The largest absolute Gasteiger partial charge is 2.00 e. The van der Waals surface area contributed by atoms with Gasteiger partial charge in [-0.2, -0.15) is 0 Å². The average Bonchev–Trinajstić information content (AvgIpc) is 3.25. The molecule has 0 aliphatic carbocycles. The van der Waals surface area contributed by atoms with Crippen LogP contribution in [-0.4, -0.2) is 43.8 Å². The van der Waals surface area contributed by atoms with Crippen molar-refractivity contribution in [1.29, 1.82) is 0 Å². The number of unbranched alkanes of at least 4 members (excludes halogenated alkanes) is 6. The number of phenols is 4. The molecule has 0 bridgehead atoms. The Morgan fingerprint density at radius 3 is 1.22 bits per heavy atom. The van der Waals surface area contributed by atoms with Gasteiger partial charge in [0.25, 0.3) is 0 Å². The molecular weight excluding hydrogens is 863 g/mol. The van der Waals surface area contributed by atoms with Crippen molar-refractivity contribution in [3.8, 4) is 23.0 Å². The maximum atomic E-state index is 10.6. The van der Waals surface area contributed by atoms with Crippen LogP contribution in [0.25, 0.3) is 0 Å². The normalized spacial score (nSPS) is 11.2. The van der Waals surface area contributed by atoms with E-state index < -0.39 is 34.9 Å². The fourth-order valence-electron chi connectivity index (χ4n) is 7.33. The number of rotatable bonds is 21. The molecular formula is C54H74N2NiO8. The van der Waals surface area contributed by atoms with Gasteiger partial charge in [-0.05, 0) is 180 Å². The van der Waals surface area contributed by atoms with Gasteiger partial charge in [0.05, 0.1) is 34.7 Å². The molecule has 0 unspecified atom stereocenters. The number of carboxylic acids is 2. The molecule has 0 atom stereocenters. The molecule has 4 rings (SSSR count). The summed E-state index contributed by atoms with van der Waals surface area (Å²) in [4.78, 5) is 31.5. The molecule has 0 fully saturated rings. The molecule has 0 spiro atoms. The molecule has 0 saturated heterocycles. The number of carbonyl (C=O) groups excluding carboxylic acids is 2. The monoisotopic (exact) mass is 936 g/mol. The van der Waals surface area contributed by atoms with E-state index in [1.54, 1.807) is 27.7 Å². The molecule has 0 aliphatic heterocycles. The van der Waals surface area contributed by atoms with Gasteiger partial charge in [0.2, 0.25) is 0 Å². The Labute approximate surface area is 398 Å².